The lowest BCUT2D eigenvalue weighted by Gasteiger charge is -2.16. The first-order chi connectivity index (χ1) is 12.3. The fourth-order valence-electron chi connectivity index (χ4n) is 2.90. The zero-order valence-corrected chi connectivity index (χ0v) is 17.3. The Morgan fingerprint density at radius 1 is 1.00 bits per heavy atom. The van der Waals surface area contributed by atoms with Crippen molar-refractivity contribution in [3.63, 3.8) is 0 Å². The molecule has 1 aliphatic rings. The van der Waals surface area contributed by atoms with Crippen LogP contribution in [0.4, 0.5) is 5.69 Å². The van der Waals surface area contributed by atoms with E-state index < -0.39 is 0 Å². The van der Waals surface area contributed by atoms with Crippen LogP contribution in [0.5, 0.6) is 0 Å². The molecule has 0 spiro atoms. The van der Waals surface area contributed by atoms with E-state index in [1.807, 2.05) is 35.2 Å². The molecule has 0 unspecified atom stereocenters. The molecule has 0 radical (unpaired) electrons. The second-order valence-electron chi connectivity index (χ2n) is 6.08. The Morgan fingerprint density at radius 2 is 1.62 bits per heavy atom. The summed E-state index contributed by atoms with van der Waals surface area (Å²) in [6.07, 6.45) is 1.61. The number of anilines is 1. The maximum absolute atomic E-state index is 11.8. The molecule has 3 rings (SSSR count). The van der Waals surface area contributed by atoms with E-state index in [1.165, 1.54) is 5.56 Å². The molecule has 6 heteroatoms. The van der Waals surface area contributed by atoms with Crippen LogP contribution in [-0.4, -0.2) is 25.5 Å². The molecular formula is C20H25IN4O. The van der Waals surface area contributed by atoms with Gasteiger partial charge in [-0.1, -0.05) is 42.5 Å². The van der Waals surface area contributed by atoms with Gasteiger partial charge < -0.3 is 15.5 Å². The average molecular weight is 464 g/mol. The third-order valence-electron chi connectivity index (χ3n) is 4.31. The van der Waals surface area contributed by atoms with Gasteiger partial charge in [0.1, 0.15) is 0 Å². The highest BCUT2D eigenvalue weighted by atomic mass is 127. The molecule has 2 N–H and O–H groups in total. The van der Waals surface area contributed by atoms with Crippen molar-refractivity contribution >= 4 is 41.5 Å². The van der Waals surface area contributed by atoms with E-state index in [4.69, 9.17) is 0 Å². The highest BCUT2D eigenvalue weighted by Gasteiger charge is 2.21. The fraction of sp³-hybridized carbons (Fsp3) is 0.300. The zero-order valence-electron chi connectivity index (χ0n) is 14.9. The Balaban J connectivity index is 0.00000243. The first kappa shape index (κ1) is 20.2. The van der Waals surface area contributed by atoms with E-state index in [0.29, 0.717) is 13.0 Å². The van der Waals surface area contributed by atoms with E-state index >= 15 is 0 Å². The number of aliphatic imine (C=N–C) groups is 1. The van der Waals surface area contributed by atoms with Crippen molar-refractivity contribution in [3.8, 4) is 0 Å². The quantitative estimate of drug-likeness (QED) is 0.406. The molecule has 0 aliphatic carbocycles. The number of halogens is 1. The molecule has 2 aromatic rings. The Labute approximate surface area is 171 Å². The lowest BCUT2D eigenvalue weighted by atomic mass is 10.2. The highest BCUT2D eigenvalue weighted by molar-refractivity contribution is 14.0. The number of hydrogen-bond donors (Lipinski definition) is 2. The van der Waals surface area contributed by atoms with Crippen molar-refractivity contribution in [3.05, 3.63) is 65.7 Å². The summed E-state index contributed by atoms with van der Waals surface area (Å²) in [4.78, 5) is 17.9. The molecule has 5 nitrogen and oxygen atoms in total. The second-order valence-corrected chi connectivity index (χ2v) is 6.08. The van der Waals surface area contributed by atoms with Gasteiger partial charge >= 0.3 is 0 Å². The zero-order chi connectivity index (χ0) is 17.5. The number of amides is 1. The van der Waals surface area contributed by atoms with Gasteiger partial charge in [-0.3, -0.25) is 9.79 Å². The Morgan fingerprint density at radius 3 is 2.15 bits per heavy atom. The van der Waals surface area contributed by atoms with Crippen molar-refractivity contribution in [1.29, 1.82) is 0 Å². The molecule has 1 amide bonds. The van der Waals surface area contributed by atoms with E-state index in [-0.39, 0.29) is 29.9 Å². The third-order valence-corrected chi connectivity index (χ3v) is 4.31. The molecule has 1 saturated heterocycles. The average Bonchev–Trinajstić information content (AvgIpc) is 3.09. The van der Waals surface area contributed by atoms with Crippen LogP contribution in [-0.2, 0) is 17.9 Å². The lowest BCUT2D eigenvalue weighted by Crippen LogP contribution is -2.36. The number of benzene rings is 2. The molecule has 2 aromatic carbocycles. The summed E-state index contributed by atoms with van der Waals surface area (Å²) >= 11 is 0. The molecule has 0 aromatic heterocycles. The number of hydrogen-bond acceptors (Lipinski definition) is 2. The maximum atomic E-state index is 11.8. The number of guanidine groups is 1. The van der Waals surface area contributed by atoms with Gasteiger partial charge in [-0.2, -0.15) is 0 Å². The summed E-state index contributed by atoms with van der Waals surface area (Å²) in [6, 6.07) is 18.4. The molecule has 26 heavy (non-hydrogen) atoms. The minimum atomic E-state index is 0. The third kappa shape index (κ3) is 5.45. The second kappa shape index (κ2) is 10.2. The topological polar surface area (TPSA) is 56.7 Å². The predicted octanol–water partition coefficient (Wildman–Crippen LogP) is 3.30. The van der Waals surface area contributed by atoms with Crippen molar-refractivity contribution < 1.29 is 4.79 Å². The van der Waals surface area contributed by atoms with Crippen molar-refractivity contribution in [2.24, 2.45) is 4.99 Å². The van der Waals surface area contributed by atoms with Gasteiger partial charge in [0.2, 0.25) is 5.91 Å². The molecule has 138 valence electrons. The van der Waals surface area contributed by atoms with E-state index in [2.05, 4.69) is 39.9 Å². The fourth-order valence-corrected chi connectivity index (χ4v) is 2.90. The Kier molecular flexibility index (Phi) is 7.90. The lowest BCUT2D eigenvalue weighted by molar-refractivity contribution is -0.117. The SMILES string of the molecule is CN=C(NCc1ccccc1)NCc1ccc(N2CCCC2=O)cc1.I. The Bertz CT molecular complexity index is 731. The predicted molar refractivity (Wildman–Crippen MR) is 117 cm³/mol. The van der Waals surface area contributed by atoms with E-state index in [1.54, 1.807) is 7.05 Å². The molecular weight excluding hydrogens is 439 g/mol. The largest absolute Gasteiger partial charge is 0.352 e. The minimum Gasteiger partial charge on any atom is -0.352 e. The number of carbonyl (C=O) groups is 1. The standard InChI is InChI=1S/C20H24N4O.HI/c1-21-20(22-14-16-6-3-2-4-7-16)23-15-17-9-11-18(12-10-17)24-13-5-8-19(24)25;/h2-4,6-7,9-12H,5,8,13-15H2,1H3,(H2,21,22,23);1H. The van der Waals surface area contributed by atoms with Gasteiger partial charge in [-0.25, -0.2) is 0 Å². The van der Waals surface area contributed by atoms with Crippen LogP contribution in [0.3, 0.4) is 0 Å². The van der Waals surface area contributed by atoms with Crippen molar-refractivity contribution in [1.82, 2.24) is 10.6 Å². The summed E-state index contributed by atoms with van der Waals surface area (Å²) in [6.45, 7) is 2.24. The normalized spacial score (nSPS) is 14.1. The first-order valence-electron chi connectivity index (χ1n) is 8.64. The van der Waals surface area contributed by atoms with Crippen LogP contribution < -0.4 is 15.5 Å². The molecule has 1 heterocycles. The van der Waals surface area contributed by atoms with Gasteiger partial charge in [0.25, 0.3) is 0 Å². The summed E-state index contributed by atoms with van der Waals surface area (Å²) in [5.74, 6) is 0.985. The number of nitrogens with zero attached hydrogens (tertiary/aromatic N) is 2. The highest BCUT2D eigenvalue weighted by Crippen LogP contribution is 2.21. The van der Waals surface area contributed by atoms with Crippen LogP contribution in [0.15, 0.2) is 59.6 Å². The summed E-state index contributed by atoms with van der Waals surface area (Å²) in [5, 5.41) is 6.62. The molecule has 1 aliphatic heterocycles. The number of nitrogens with one attached hydrogen (secondary N) is 2. The smallest absolute Gasteiger partial charge is 0.227 e. The maximum Gasteiger partial charge on any atom is 0.227 e. The van der Waals surface area contributed by atoms with Crippen molar-refractivity contribution in [2.45, 2.75) is 25.9 Å². The monoisotopic (exact) mass is 464 g/mol. The minimum absolute atomic E-state index is 0. The Hall–Kier alpha value is -2.09. The van der Waals surface area contributed by atoms with Crippen LogP contribution in [0.25, 0.3) is 0 Å². The van der Waals surface area contributed by atoms with Gasteiger partial charge in [0.15, 0.2) is 5.96 Å². The number of rotatable bonds is 5. The molecule has 0 atom stereocenters. The van der Waals surface area contributed by atoms with Crippen LogP contribution in [0.2, 0.25) is 0 Å². The summed E-state index contributed by atoms with van der Waals surface area (Å²) < 4.78 is 0. The summed E-state index contributed by atoms with van der Waals surface area (Å²) in [7, 11) is 1.77. The van der Waals surface area contributed by atoms with Gasteiger partial charge in [-0.15, -0.1) is 24.0 Å². The van der Waals surface area contributed by atoms with Crippen LogP contribution >= 0.6 is 24.0 Å². The molecule has 1 fully saturated rings. The van der Waals surface area contributed by atoms with Crippen LogP contribution in [0, 0.1) is 0 Å². The van der Waals surface area contributed by atoms with Gasteiger partial charge in [-0.05, 0) is 29.7 Å². The van der Waals surface area contributed by atoms with E-state index in [9.17, 15) is 4.79 Å². The number of carbonyl (C=O) groups excluding carboxylic acids is 1. The molecule has 0 bridgehead atoms. The van der Waals surface area contributed by atoms with Crippen molar-refractivity contribution in [2.75, 3.05) is 18.5 Å². The first-order valence-corrected chi connectivity index (χ1v) is 8.64. The van der Waals surface area contributed by atoms with Crippen LogP contribution in [0.1, 0.15) is 24.0 Å². The van der Waals surface area contributed by atoms with Gasteiger partial charge in [0.05, 0.1) is 0 Å². The molecule has 0 saturated carbocycles. The van der Waals surface area contributed by atoms with Gasteiger partial charge in [0, 0.05) is 38.8 Å². The summed E-state index contributed by atoms with van der Waals surface area (Å²) in [5.41, 5.74) is 3.35. The van der Waals surface area contributed by atoms with E-state index in [0.717, 1.165) is 36.7 Å².